The van der Waals surface area contributed by atoms with Crippen molar-refractivity contribution in [3.8, 4) is 0 Å². The number of hydrogen-bond donors (Lipinski definition) is 0. The molecule has 0 aromatic heterocycles. The summed E-state index contributed by atoms with van der Waals surface area (Å²) in [6, 6.07) is 0. The second-order valence-electron chi connectivity index (χ2n) is 0.707. The summed E-state index contributed by atoms with van der Waals surface area (Å²) in [4.78, 5) is 0. The van der Waals surface area contributed by atoms with Crippen LogP contribution in [0.2, 0.25) is 5.94 Å². The average molecular weight is 179 g/mol. The van der Waals surface area contributed by atoms with Gasteiger partial charge in [0.15, 0.2) is 17.4 Å². The topological polar surface area (TPSA) is 0 Å². The van der Waals surface area contributed by atoms with Gasteiger partial charge in [-0.15, -0.1) is 0 Å². The van der Waals surface area contributed by atoms with E-state index in [0.29, 0.717) is 0 Å². The molecular weight excluding hydrogens is 169 g/mol. The summed E-state index contributed by atoms with van der Waals surface area (Å²) in [6.07, 6.45) is 0. The summed E-state index contributed by atoms with van der Waals surface area (Å²) in [5, 5.41) is 0. The van der Waals surface area contributed by atoms with Crippen molar-refractivity contribution in [1.82, 2.24) is 0 Å². The summed E-state index contributed by atoms with van der Waals surface area (Å²) >= 11 is 0. The number of rotatable bonds is 0. The third kappa shape index (κ3) is 27.0. The summed E-state index contributed by atoms with van der Waals surface area (Å²) in [7, 11) is 3.56. The molecule has 0 aromatic carbocycles. The van der Waals surface area contributed by atoms with Crippen LogP contribution in [-0.2, 0) is 26.2 Å². The van der Waals surface area contributed by atoms with Crippen LogP contribution in [0.25, 0.3) is 0 Å². The van der Waals surface area contributed by atoms with Crippen molar-refractivity contribution in [2.45, 2.75) is 5.94 Å². The smallest absolute Gasteiger partial charge is 0.0928 e. The molecular formula is CH10AlBSiZr. The van der Waals surface area contributed by atoms with Gasteiger partial charge in [-0.2, -0.15) is 0 Å². The zero-order chi connectivity index (χ0) is 2.71. The van der Waals surface area contributed by atoms with Crippen molar-refractivity contribution in [2.75, 3.05) is 0 Å². The van der Waals surface area contributed by atoms with Gasteiger partial charge >= 0.3 is 0 Å². The Labute approximate surface area is 67.2 Å². The van der Waals surface area contributed by atoms with Crippen LogP contribution >= 0.6 is 0 Å². The van der Waals surface area contributed by atoms with Crippen molar-refractivity contribution in [2.24, 2.45) is 0 Å². The molecule has 0 rings (SSSR count). The van der Waals surface area contributed by atoms with E-state index < -0.39 is 0 Å². The largest absolute Gasteiger partial charge is 0.187 e. The van der Waals surface area contributed by atoms with E-state index >= 15 is 0 Å². The van der Waals surface area contributed by atoms with E-state index in [1.807, 2.05) is 0 Å². The van der Waals surface area contributed by atoms with Gasteiger partial charge in [-0.1, -0.05) is 5.94 Å². The number of hydrogen-bond acceptors (Lipinski definition) is 0. The van der Waals surface area contributed by atoms with E-state index in [0.717, 1.165) is 0 Å². The maximum Gasteiger partial charge on any atom is 0.187 e. The monoisotopic (exact) mass is 178 g/mol. The van der Waals surface area contributed by atoms with Crippen LogP contribution in [0.5, 0.6) is 0 Å². The Hall–Kier alpha value is 1.70. The van der Waals surface area contributed by atoms with Crippen LogP contribution in [-0.4, -0.2) is 35.4 Å². The molecule has 0 fully saturated rings. The fourth-order valence-corrected chi connectivity index (χ4v) is 0. The summed E-state index contributed by atoms with van der Waals surface area (Å²) in [5.74, 6) is 1.39. The Morgan fingerprint density at radius 2 is 1.60 bits per heavy atom. The van der Waals surface area contributed by atoms with Gasteiger partial charge in [-0.25, -0.2) is 0 Å². The minimum absolute atomic E-state index is 0. The molecule has 0 nitrogen and oxygen atoms in total. The fraction of sp³-hybridized carbons (Fsp3) is 1.00. The first-order valence-corrected chi connectivity index (χ1v) is 2.83. The van der Waals surface area contributed by atoms with Crippen LogP contribution in [0.4, 0.5) is 0 Å². The van der Waals surface area contributed by atoms with Crippen LogP contribution in [0.1, 0.15) is 0 Å². The van der Waals surface area contributed by atoms with E-state index in [2.05, 4.69) is 7.85 Å². The average Bonchev–Trinajstić information content (AvgIpc) is 0.918. The standard InChI is InChI=1S/CH7BSi.Al.Zr.3H/c2-1-3;;;;;/h1-2H2,3H3;;;;;. The molecule has 0 saturated heterocycles. The van der Waals surface area contributed by atoms with Crippen LogP contribution < -0.4 is 0 Å². The zero-order valence-corrected chi connectivity index (χ0v) is 7.67. The van der Waals surface area contributed by atoms with Gasteiger partial charge in [-0.3, -0.25) is 0 Å². The molecule has 4 heteroatoms. The first kappa shape index (κ1) is 15.9. The summed E-state index contributed by atoms with van der Waals surface area (Å²) < 4.78 is 0. The molecule has 0 aliphatic rings. The minimum atomic E-state index is 0. The predicted molar refractivity (Wildman–Crippen MR) is 33.2 cm³/mol. The molecule has 0 aliphatic heterocycles. The van der Waals surface area contributed by atoms with Gasteiger partial charge in [0.05, 0.1) is 7.85 Å². The van der Waals surface area contributed by atoms with Gasteiger partial charge in [-0.05, 0) is 10.2 Å². The van der Waals surface area contributed by atoms with Gasteiger partial charge in [0.1, 0.15) is 0 Å². The van der Waals surface area contributed by atoms with Crippen molar-refractivity contribution >= 4 is 35.4 Å². The third-order valence-corrected chi connectivity index (χ3v) is 0. The zero-order valence-electron chi connectivity index (χ0n) is 3.21. The normalized spacial score (nSPS) is 4.00. The SMILES string of the molecule is BC[SiH3].[AlH3].[Zr]. The first-order chi connectivity index (χ1) is 1.41. The fourth-order valence-electron chi connectivity index (χ4n) is 0. The summed E-state index contributed by atoms with van der Waals surface area (Å²) in [5.41, 5.74) is 0. The van der Waals surface area contributed by atoms with E-state index in [4.69, 9.17) is 0 Å². The van der Waals surface area contributed by atoms with Crippen molar-refractivity contribution in [1.29, 1.82) is 0 Å². The molecule has 0 radical (unpaired) electrons. The maximum absolute atomic E-state index is 2.19. The third-order valence-electron chi connectivity index (χ3n) is 0. The van der Waals surface area contributed by atoms with E-state index in [1.165, 1.54) is 16.2 Å². The van der Waals surface area contributed by atoms with E-state index in [9.17, 15) is 0 Å². The molecule has 28 valence electrons. The molecule has 0 unspecified atom stereocenters. The minimum Gasteiger partial charge on any atom is -0.0928 e. The van der Waals surface area contributed by atoms with Crippen molar-refractivity contribution in [3.63, 3.8) is 0 Å². The maximum atomic E-state index is 2.19. The second kappa shape index (κ2) is 17.3. The molecule has 5 heavy (non-hydrogen) atoms. The molecule has 0 N–H and O–H groups in total. The van der Waals surface area contributed by atoms with Crippen LogP contribution in [0, 0.1) is 0 Å². The Morgan fingerprint density at radius 3 is 1.60 bits per heavy atom. The molecule has 0 saturated carbocycles. The molecule has 0 atom stereocenters. The molecule has 0 bridgehead atoms. The molecule has 0 heterocycles. The first-order valence-electron chi connectivity index (χ1n) is 1.41. The molecule has 0 spiro atoms. The molecule has 0 aromatic rings. The second-order valence-corrected chi connectivity index (χ2v) is 2.12. The Morgan fingerprint density at radius 1 is 1.60 bits per heavy atom. The summed E-state index contributed by atoms with van der Waals surface area (Å²) in [6.45, 7) is 0. The Balaban J connectivity index is -0.0000000200. The van der Waals surface area contributed by atoms with Crippen molar-refractivity contribution < 1.29 is 26.2 Å². The van der Waals surface area contributed by atoms with Crippen LogP contribution in [0.15, 0.2) is 0 Å². The van der Waals surface area contributed by atoms with E-state index in [-0.39, 0.29) is 43.6 Å². The van der Waals surface area contributed by atoms with Gasteiger partial charge in [0.25, 0.3) is 0 Å². The molecule has 0 aliphatic carbocycles. The van der Waals surface area contributed by atoms with Crippen molar-refractivity contribution in [3.05, 3.63) is 0 Å². The van der Waals surface area contributed by atoms with E-state index in [1.54, 1.807) is 0 Å². The van der Waals surface area contributed by atoms with Gasteiger partial charge < -0.3 is 0 Å². The van der Waals surface area contributed by atoms with Gasteiger partial charge in [0, 0.05) is 26.2 Å². The predicted octanol–water partition coefficient (Wildman–Crippen LogP) is -2.83. The molecule has 0 amide bonds. The van der Waals surface area contributed by atoms with Gasteiger partial charge in [0.2, 0.25) is 0 Å². The Kier molecular flexibility index (Phi) is 55.0. The Bertz CT molecular complexity index is 11.6. The quantitative estimate of drug-likeness (QED) is 0.352. The van der Waals surface area contributed by atoms with Crippen LogP contribution in [0.3, 0.4) is 0 Å².